The molecule has 70 valence electrons. The summed E-state index contributed by atoms with van der Waals surface area (Å²) in [5, 5.41) is 4.07. The van der Waals surface area contributed by atoms with E-state index in [1.165, 1.54) is 0 Å². The highest BCUT2D eigenvalue weighted by atomic mass is 35.5. The lowest BCUT2D eigenvalue weighted by Crippen LogP contribution is -2.33. The molecule has 1 saturated heterocycles. The summed E-state index contributed by atoms with van der Waals surface area (Å²) >= 11 is 6.05. The molecule has 1 N–H and O–H groups in total. The predicted molar refractivity (Wildman–Crippen MR) is 53.0 cm³/mol. The Hall–Kier alpha value is -0.570. The standard InChI is InChI=1S/C10H12ClNO/c11-9-4-2-1-3-8(9)10-7-12-5-6-13-10/h1-4,10,12H,5-7H2. The molecule has 3 heteroatoms. The summed E-state index contributed by atoms with van der Waals surface area (Å²) in [6, 6.07) is 7.83. The summed E-state index contributed by atoms with van der Waals surface area (Å²) in [5.41, 5.74) is 1.08. The van der Waals surface area contributed by atoms with Crippen molar-refractivity contribution >= 4 is 11.6 Å². The van der Waals surface area contributed by atoms with Gasteiger partial charge in [-0.3, -0.25) is 0 Å². The maximum Gasteiger partial charge on any atom is 0.0964 e. The zero-order valence-corrected chi connectivity index (χ0v) is 8.05. The van der Waals surface area contributed by atoms with Crippen LogP contribution in [0.25, 0.3) is 0 Å². The van der Waals surface area contributed by atoms with Crippen molar-refractivity contribution in [3.8, 4) is 0 Å². The van der Waals surface area contributed by atoms with Gasteiger partial charge >= 0.3 is 0 Å². The van der Waals surface area contributed by atoms with Crippen molar-refractivity contribution in [1.82, 2.24) is 5.32 Å². The van der Waals surface area contributed by atoms with E-state index in [-0.39, 0.29) is 6.10 Å². The van der Waals surface area contributed by atoms with Gasteiger partial charge in [0.1, 0.15) is 0 Å². The van der Waals surface area contributed by atoms with E-state index in [2.05, 4.69) is 5.32 Å². The number of ether oxygens (including phenoxy) is 1. The van der Waals surface area contributed by atoms with Crippen molar-refractivity contribution in [2.24, 2.45) is 0 Å². The molecule has 1 unspecified atom stereocenters. The van der Waals surface area contributed by atoms with Gasteiger partial charge in [0.15, 0.2) is 0 Å². The zero-order chi connectivity index (χ0) is 9.10. The quantitative estimate of drug-likeness (QED) is 0.744. The lowest BCUT2D eigenvalue weighted by molar-refractivity contribution is 0.0277. The molecule has 0 radical (unpaired) electrons. The van der Waals surface area contributed by atoms with Crippen LogP contribution in [0, 0.1) is 0 Å². The van der Waals surface area contributed by atoms with E-state index in [4.69, 9.17) is 16.3 Å². The minimum Gasteiger partial charge on any atom is -0.371 e. The molecular weight excluding hydrogens is 186 g/mol. The maximum atomic E-state index is 6.05. The van der Waals surface area contributed by atoms with Crippen LogP contribution in [0.5, 0.6) is 0 Å². The van der Waals surface area contributed by atoms with Crippen molar-refractivity contribution < 1.29 is 4.74 Å². The Bertz CT molecular complexity index is 284. The summed E-state index contributed by atoms with van der Waals surface area (Å²) < 4.78 is 5.60. The molecule has 0 bridgehead atoms. The average Bonchev–Trinajstić information content (AvgIpc) is 2.20. The summed E-state index contributed by atoms with van der Waals surface area (Å²) in [5.74, 6) is 0. The van der Waals surface area contributed by atoms with Crippen molar-refractivity contribution in [2.75, 3.05) is 19.7 Å². The summed E-state index contributed by atoms with van der Waals surface area (Å²) in [6.45, 7) is 2.54. The molecule has 1 fully saturated rings. The first-order valence-corrected chi connectivity index (χ1v) is 4.82. The van der Waals surface area contributed by atoms with Crippen LogP contribution >= 0.6 is 11.6 Å². The molecule has 1 atom stereocenters. The van der Waals surface area contributed by atoms with E-state index >= 15 is 0 Å². The first kappa shape index (κ1) is 9.00. The molecule has 1 heterocycles. The van der Waals surface area contributed by atoms with Crippen LogP contribution in [-0.4, -0.2) is 19.7 Å². The molecule has 2 nitrogen and oxygen atoms in total. The summed E-state index contributed by atoms with van der Waals surface area (Å²) in [4.78, 5) is 0. The summed E-state index contributed by atoms with van der Waals surface area (Å²) in [6.07, 6.45) is 0.113. The molecule has 0 aliphatic carbocycles. The Morgan fingerprint density at radius 3 is 2.92 bits per heavy atom. The van der Waals surface area contributed by atoms with E-state index in [0.29, 0.717) is 0 Å². The number of nitrogens with one attached hydrogen (secondary N) is 1. The van der Waals surface area contributed by atoms with Crippen LogP contribution in [0.15, 0.2) is 24.3 Å². The van der Waals surface area contributed by atoms with Crippen molar-refractivity contribution in [1.29, 1.82) is 0 Å². The lowest BCUT2D eigenvalue weighted by Gasteiger charge is -2.24. The molecule has 1 aliphatic heterocycles. The Kier molecular flexibility index (Phi) is 2.83. The molecule has 13 heavy (non-hydrogen) atoms. The van der Waals surface area contributed by atoms with E-state index in [1.807, 2.05) is 24.3 Å². The minimum absolute atomic E-state index is 0.113. The molecule has 1 aromatic rings. The van der Waals surface area contributed by atoms with Crippen LogP contribution in [0.4, 0.5) is 0 Å². The Morgan fingerprint density at radius 2 is 2.23 bits per heavy atom. The van der Waals surface area contributed by atoms with E-state index < -0.39 is 0 Å². The molecule has 0 aromatic heterocycles. The van der Waals surface area contributed by atoms with Gasteiger partial charge in [-0.25, -0.2) is 0 Å². The number of rotatable bonds is 1. The number of benzene rings is 1. The number of morpholine rings is 1. The second-order valence-corrected chi connectivity index (χ2v) is 3.49. The van der Waals surface area contributed by atoms with E-state index in [1.54, 1.807) is 0 Å². The fraction of sp³-hybridized carbons (Fsp3) is 0.400. The van der Waals surface area contributed by atoms with Gasteiger partial charge in [-0.05, 0) is 6.07 Å². The molecule has 1 aliphatic rings. The topological polar surface area (TPSA) is 21.3 Å². The van der Waals surface area contributed by atoms with Gasteiger partial charge in [0.05, 0.1) is 12.7 Å². The van der Waals surface area contributed by atoms with Crippen LogP contribution < -0.4 is 5.32 Å². The number of hydrogen-bond acceptors (Lipinski definition) is 2. The fourth-order valence-electron chi connectivity index (χ4n) is 1.50. The van der Waals surface area contributed by atoms with Gasteiger partial charge in [0.25, 0.3) is 0 Å². The van der Waals surface area contributed by atoms with Crippen molar-refractivity contribution in [3.05, 3.63) is 34.9 Å². The highest BCUT2D eigenvalue weighted by Crippen LogP contribution is 2.25. The van der Waals surface area contributed by atoms with Crippen LogP contribution in [0.1, 0.15) is 11.7 Å². The van der Waals surface area contributed by atoms with Crippen LogP contribution in [-0.2, 0) is 4.74 Å². The van der Waals surface area contributed by atoms with Crippen LogP contribution in [0.3, 0.4) is 0 Å². The average molecular weight is 198 g/mol. The van der Waals surface area contributed by atoms with Gasteiger partial charge in [-0.2, -0.15) is 0 Å². The van der Waals surface area contributed by atoms with Crippen molar-refractivity contribution in [3.63, 3.8) is 0 Å². The highest BCUT2D eigenvalue weighted by molar-refractivity contribution is 6.31. The molecule has 0 spiro atoms. The summed E-state index contributed by atoms with van der Waals surface area (Å²) in [7, 11) is 0. The van der Waals surface area contributed by atoms with E-state index in [9.17, 15) is 0 Å². The highest BCUT2D eigenvalue weighted by Gasteiger charge is 2.17. The normalized spacial score (nSPS) is 23.0. The zero-order valence-electron chi connectivity index (χ0n) is 7.29. The molecule has 0 saturated carbocycles. The lowest BCUT2D eigenvalue weighted by atomic mass is 10.1. The Balaban J connectivity index is 2.18. The predicted octanol–water partition coefficient (Wildman–Crippen LogP) is 2.00. The minimum atomic E-state index is 0.113. The number of hydrogen-bond donors (Lipinski definition) is 1. The number of halogens is 1. The second-order valence-electron chi connectivity index (χ2n) is 3.09. The fourth-order valence-corrected chi connectivity index (χ4v) is 1.76. The smallest absolute Gasteiger partial charge is 0.0964 e. The maximum absolute atomic E-state index is 6.05. The van der Waals surface area contributed by atoms with Crippen molar-refractivity contribution in [2.45, 2.75) is 6.10 Å². The van der Waals surface area contributed by atoms with Gasteiger partial charge in [-0.15, -0.1) is 0 Å². The van der Waals surface area contributed by atoms with Gasteiger partial charge in [0.2, 0.25) is 0 Å². The molecular formula is C10H12ClNO. The third kappa shape index (κ3) is 2.02. The van der Waals surface area contributed by atoms with Gasteiger partial charge in [0, 0.05) is 23.7 Å². The monoisotopic (exact) mass is 197 g/mol. The Morgan fingerprint density at radius 1 is 1.38 bits per heavy atom. The third-order valence-electron chi connectivity index (χ3n) is 2.18. The molecule has 2 rings (SSSR count). The molecule has 0 amide bonds. The SMILES string of the molecule is Clc1ccccc1C1CNCCO1. The largest absolute Gasteiger partial charge is 0.371 e. The molecule has 1 aromatic carbocycles. The van der Waals surface area contributed by atoms with E-state index in [0.717, 1.165) is 30.3 Å². The van der Waals surface area contributed by atoms with Gasteiger partial charge in [-0.1, -0.05) is 29.8 Å². The third-order valence-corrected chi connectivity index (χ3v) is 2.52. The second kappa shape index (κ2) is 4.09. The first-order valence-electron chi connectivity index (χ1n) is 4.44. The van der Waals surface area contributed by atoms with Crippen LogP contribution in [0.2, 0.25) is 5.02 Å². The van der Waals surface area contributed by atoms with Gasteiger partial charge < -0.3 is 10.1 Å². The first-order chi connectivity index (χ1) is 6.38. The Labute approximate surface area is 82.9 Å².